The van der Waals surface area contributed by atoms with Gasteiger partial charge in [0.05, 0.1) is 7.11 Å². The number of ether oxygens (including phenoxy) is 2. The number of ketones is 1. The summed E-state index contributed by atoms with van der Waals surface area (Å²) in [6, 6.07) is 12.7. The number of carboxylic acid groups (broad SMARTS) is 1. The van der Waals surface area contributed by atoms with Crippen LogP contribution in [-0.4, -0.2) is 30.6 Å². The molecule has 2 aromatic carbocycles. The zero-order valence-electron chi connectivity index (χ0n) is 13.1. The second-order valence-electron chi connectivity index (χ2n) is 5.43. The van der Waals surface area contributed by atoms with Gasteiger partial charge in [-0.3, -0.25) is 4.79 Å². The normalized spacial score (nSPS) is 14.5. The molecular weight excluding hydrogens is 308 g/mol. The van der Waals surface area contributed by atoms with Crippen molar-refractivity contribution in [1.82, 2.24) is 0 Å². The highest BCUT2D eigenvalue weighted by molar-refractivity contribution is 6.15. The lowest BCUT2D eigenvalue weighted by Crippen LogP contribution is -2.10. The van der Waals surface area contributed by atoms with Crippen LogP contribution in [0, 0.1) is 0 Å². The van der Waals surface area contributed by atoms with E-state index >= 15 is 0 Å². The first-order chi connectivity index (χ1) is 11.6. The van der Waals surface area contributed by atoms with Gasteiger partial charge in [0.15, 0.2) is 23.9 Å². The first kappa shape index (κ1) is 15.8. The molecule has 0 unspecified atom stereocenters. The number of carbonyl (C=O) groups is 2. The number of methoxy groups -OCH3 is 1. The molecule has 3 rings (SSSR count). The molecule has 1 aliphatic rings. The largest absolute Gasteiger partial charge is 0.493 e. The Morgan fingerprint density at radius 1 is 1.21 bits per heavy atom. The topological polar surface area (TPSA) is 72.8 Å². The zero-order chi connectivity index (χ0) is 17.1. The molecular formula is C19H16O5. The molecule has 122 valence electrons. The average molecular weight is 324 g/mol. The van der Waals surface area contributed by atoms with E-state index in [1.807, 2.05) is 30.3 Å². The minimum atomic E-state index is -1.06. The molecule has 0 spiro atoms. The fraction of sp³-hybridized carbons (Fsp3) is 0.158. The van der Waals surface area contributed by atoms with Gasteiger partial charge in [-0.05, 0) is 29.3 Å². The lowest BCUT2D eigenvalue weighted by atomic mass is 10.1. The second-order valence-corrected chi connectivity index (χ2v) is 5.43. The van der Waals surface area contributed by atoms with Crippen LogP contribution in [-0.2, 0) is 11.2 Å². The van der Waals surface area contributed by atoms with Crippen molar-refractivity contribution < 1.29 is 24.2 Å². The molecule has 0 aliphatic heterocycles. The van der Waals surface area contributed by atoms with Crippen molar-refractivity contribution in [2.45, 2.75) is 6.42 Å². The minimum Gasteiger partial charge on any atom is -0.493 e. The van der Waals surface area contributed by atoms with Crippen LogP contribution in [0.5, 0.6) is 11.5 Å². The molecule has 0 heterocycles. The summed E-state index contributed by atoms with van der Waals surface area (Å²) in [5.74, 6) is -0.245. The third-order valence-corrected chi connectivity index (χ3v) is 3.81. The first-order valence-corrected chi connectivity index (χ1v) is 7.44. The Balaban J connectivity index is 1.86. The van der Waals surface area contributed by atoms with E-state index < -0.39 is 12.6 Å². The lowest BCUT2D eigenvalue weighted by molar-refractivity contribution is -0.139. The Labute approximate surface area is 139 Å². The van der Waals surface area contributed by atoms with E-state index in [1.54, 1.807) is 18.2 Å². The third-order valence-electron chi connectivity index (χ3n) is 3.81. The van der Waals surface area contributed by atoms with Crippen LogP contribution in [0.25, 0.3) is 6.08 Å². The number of aliphatic carboxylic acids is 1. The zero-order valence-corrected chi connectivity index (χ0v) is 13.1. The maximum Gasteiger partial charge on any atom is 0.341 e. The molecule has 0 amide bonds. The van der Waals surface area contributed by atoms with Crippen LogP contribution in [0.1, 0.15) is 21.5 Å². The van der Waals surface area contributed by atoms with Crippen molar-refractivity contribution in [3.05, 3.63) is 64.7 Å². The number of hydrogen-bond donors (Lipinski definition) is 1. The van der Waals surface area contributed by atoms with Crippen molar-refractivity contribution in [3.63, 3.8) is 0 Å². The summed E-state index contributed by atoms with van der Waals surface area (Å²) in [4.78, 5) is 23.0. The van der Waals surface area contributed by atoms with Crippen molar-refractivity contribution in [1.29, 1.82) is 0 Å². The number of carbonyl (C=O) groups excluding carboxylic acids is 1. The summed E-state index contributed by atoms with van der Waals surface area (Å²) in [7, 11) is 1.48. The van der Waals surface area contributed by atoms with Crippen molar-refractivity contribution >= 4 is 17.8 Å². The van der Waals surface area contributed by atoms with Crippen molar-refractivity contribution in [3.8, 4) is 11.5 Å². The molecule has 0 fully saturated rings. The molecule has 1 N–H and O–H groups in total. The molecule has 0 radical (unpaired) electrons. The number of hydrogen-bond acceptors (Lipinski definition) is 4. The van der Waals surface area contributed by atoms with E-state index in [9.17, 15) is 9.59 Å². The Morgan fingerprint density at radius 3 is 2.71 bits per heavy atom. The van der Waals surface area contributed by atoms with Gasteiger partial charge in [0.2, 0.25) is 0 Å². The predicted molar refractivity (Wildman–Crippen MR) is 88.6 cm³/mol. The summed E-state index contributed by atoms with van der Waals surface area (Å²) < 4.78 is 10.4. The SMILES string of the molecule is COc1cc(C=C2Cc3ccccc3C2=O)ccc1OCC(=O)O. The monoisotopic (exact) mass is 324 g/mol. The number of carboxylic acids is 1. The highest BCUT2D eigenvalue weighted by atomic mass is 16.5. The fourth-order valence-electron chi connectivity index (χ4n) is 2.70. The van der Waals surface area contributed by atoms with Gasteiger partial charge in [0, 0.05) is 17.6 Å². The molecule has 0 atom stereocenters. The molecule has 24 heavy (non-hydrogen) atoms. The van der Waals surface area contributed by atoms with E-state index in [0.29, 0.717) is 17.9 Å². The highest BCUT2D eigenvalue weighted by Gasteiger charge is 2.24. The fourth-order valence-corrected chi connectivity index (χ4v) is 2.70. The van der Waals surface area contributed by atoms with Gasteiger partial charge in [-0.25, -0.2) is 4.79 Å². The quantitative estimate of drug-likeness (QED) is 0.856. The minimum absolute atomic E-state index is 0.0378. The Hall–Kier alpha value is -3.08. The molecule has 0 saturated heterocycles. The molecule has 5 nitrogen and oxygen atoms in total. The summed E-state index contributed by atoms with van der Waals surface area (Å²) in [6.07, 6.45) is 2.43. The van der Waals surface area contributed by atoms with E-state index in [2.05, 4.69) is 0 Å². The smallest absolute Gasteiger partial charge is 0.341 e. The van der Waals surface area contributed by atoms with Gasteiger partial charge in [0.1, 0.15) is 0 Å². The summed E-state index contributed by atoms with van der Waals surface area (Å²) >= 11 is 0. The second kappa shape index (κ2) is 6.58. The maximum atomic E-state index is 12.4. The number of rotatable bonds is 5. The van der Waals surface area contributed by atoms with Gasteiger partial charge < -0.3 is 14.6 Å². The van der Waals surface area contributed by atoms with Crippen LogP contribution >= 0.6 is 0 Å². The van der Waals surface area contributed by atoms with E-state index in [-0.39, 0.29) is 5.78 Å². The van der Waals surface area contributed by atoms with Crippen LogP contribution in [0.2, 0.25) is 0 Å². The van der Waals surface area contributed by atoms with Crippen molar-refractivity contribution in [2.75, 3.05) is 13.7 Å². The van der Waals surface area contributed by atoms with E-state index in [0.717, 1.165) is 22.3 Å². The molecule has 0 saturated carbocycles. The number of Topliss-reactive ketones (excluding diaryl/α,β-unsaturated/α-hetero) is 1. The van der Waals surface area contributed by atoms with Crippen molar-refractivity contribution in [2.24, 2.45) is 0 Å². The van der Waals surface area contributed by atoms with Gasteiger partial charge >= 0.3 is 5.97 Å². The number of fused-ring (bicyclic) bond motifs is 1. The molecule has 0 bridgehead atoms. The first-order valence-electron chi connectivity index (χ1n) is 7.44. The van der Waals surface area contributed by atoms with Crippen LogP contribution in [0.4, 0.5) is 0 Å². The Morgan fingerprint density at radius 2 is 2.00 bits per heavy atom. The molecule has 0 aromatic heterocycles. The van der Waals surface area contributed by atoms with Gasteiger partial charge in [-0.2, -0.15) is 0 Å². The Bertz CT molecular complexity index is 835. The highest BCUT2D eigenvalue weighted by Crippen LogP contribution is 2.31. The summed E-state index contributed by atoms with van der Waals surface area (Å²) in [5, 5.41) is 8.68. The average Bonchev–Trinajstić information content (AvgIpc) is 2.89. The summed E-state index contributed by atoms with van der Waals surface area (Å²) in [5.41, 5.74) is 3.29. The van der Waals surface area contributed by atoms with Gasteiger partial charge in [-0.15, -0.1) is 0 Å². The molecule has 2 aromatic rings. The van der Waals surface area contributed by atoms with E-state index in [4.69, 9.17) is 14.6 Å². The molecule has 1 aliphatic carbocycles. The maximum absolute atomic E-state index is 12.4. The molecule has 5 heteroatoms. The van der Waals surface area contributed by atoms with E-state index in [1.165, 1.54) is 7.11 Å². The van der Waals surface area contributed by atoms with Gasteiger partial charge in [-0.1, -0.05) is 30.3 Å². The predicted octanol–water partition coefficient (Wildman–Crippen LogP) is 2.98. The standard InChI is InChI=1S/C19H16O5/c1-23-17-9-12(6-7-16(17)24-11-18(20)21)8-14-10-13-4-2-3-5-15(13)19(14)22/h2-9H,10-11H2,1H3,(H,20,21). The Kier molecular flexibility index (Phi) is 4.33. The van der Waals surface area contributed by atoms with Crippen LogP contribution in [0.15, 0.2) is 48.0 Å². The summed E-state index contributed by atoms with van der Waals surface area (Å²) in [6.45, 7) is -0.440. The van der Waals surface area contributed by atoms with Gasteiger partial charge in [0.25, 0.3) is 0 Å². The lowest BCUT2D eigenvalue weighted by Gasteiger charge is -2.10. The van der Waals surface area contributed by atoms with Crippen LogP contribution < -0.4 is 9.47 Å². The van der Waals surface area contributed by atoms with Crippen LogP contribution in [0.3, 0.4) is 0 Å². The number of benzene rings is 2. The number of allylic oxidation sites excluding steroid dienone is 1. The third kappa shape index (κ3) is 3.15.